The summed E-state index contributed by atoms with van der Waals surface area (Å²) in [4.78, 5) is 12.4. The van der Waals surface area contributed by atoms with Crippen LogP contribution in [-0.4, -0.2) is 38.3 Å². The average Bonchev–Trinajstić information content (AvgIpc) is 3.48. The fourth-order valence-corrected chi connectivity index (χ4v) is 5.57. The lowest BCUT2D eigenvalue weighted by molar-refractivity contribution is -0.141. The van der Waals surface area contributed by atoms with Crippen molar-refractivity contribution in [2.75, 3.05) is 5.75 Å². The predicted octanol–water partition coefficient (Wildman–Crippen LogP) is 4.40. The summed E-state index contributed by atoms with van der Waals surface area (Å²) in [5, 5.41) is 9.38. The third-order valence-corrected chi connectivity index (χ3v) is 8.46. The van der Waals surface area contributed by atoms with Crippen LogP contribution < -0.4 is 0 Å². The van der Waals surface area contributed by atoms with Crippen LogP contribution in [0.4, 0.5) is 13.2 Å². The Bertz CT molecular complexity index is 1660. The molecule has 0 aliphatic heterocycles. The Morgan fingerprint density at radius 3 is 2.31 bits per heavy atom. The van der Waals surface area contributed by atoms with Crippen LogP contribution in [0.5, 0.6) is 0 Å². The molecule has 0 amide bonds. The fourth-order valence-electron chi connectivity index (χ4n) is 4.36. The van der Waals surface area contributed by atoms with Gasteiger partial charge in [-0.2, -0.15) is 18.4 Å². The minimum atomic E-state index is -4.64. The molecule has 1 saturated carbocycles. The monoisotopic (exact) mass is 514 g/mol. The topological polar surface area (TPSA) is 106 Å². The van der Waals surface area contributed by atoms with Gasteiger partial charge in [-0.3, -0.25) is 0 Å². The van der Waals surface area contributed by atoms with Crippen molar-refractivity contribution in [2.45, 2.75) is 36.4 Å². The summed E-state index contributed by atoms with van der Waals surface area (Å²) >= 11 is 0. The Hall–Kier alpha value is -3.72. The molecule has 1 aliphatic carbocycles. The van der Waals surface area contributed by atoms with Crippen LogP contribution in [-0.2, 0) is 35.5 Å². The van der Waals surface area contributed by atoms with Crippen LogP contribution in [0, 0.1) is 11.3 Å². The van der Waals surface area contributed by atoms with Crippen molar-refractivity contribution < 1.29 is 21.6 Å². The van der Waals surface area contributed by atoms with Crippen LogP contribution in [0.3, 0.4) is 0 Å². The number of imidazole rings is 2. The highest BCUT2D eigenvalue weighted by Gasteiger charge is 2.44. The molecule has 0 radical (unpaired) electrons. The van der Waals surface area contributed by atoms with E-state index >= 15 is 0 Å². The number of nitrogens with zero attached hydrogens (tertiary/aromatic N) is 6. The molecule has 3 heterocycles. The van der Waals surface area contributed by atoms with Crippen LogP contribution in [0.1, 0.15) is 31.0 Å². The minimum absolute atomic E-state index is 0.0254. The summed E-state index contributed by atoms with van der Waals surface area (Å²) in [7, 11) is -0.651. The summed E-state index contributed by atoms with van der Waals surface area (Å²) in [5.41, 5.74) is 0.355. The van der Waals surface area contributed by atoms with Crippen LogP contribution >= 0.6 is 0 Å². The second-order valence-corrected chi connectivity index (χ2v) is 11.1. The molecular weight excluding hydrogens is 493 g/mol. The van der Waals surface area contributed by atoms with Gasteiger partial charge < -0.3 is 9.13 Å². The quantitative estimate of drug-likeness (QED) is 0.391. The maximum absolute atomic E-state index is 13.2. The van der Waals surface area contributed by atoms with Crippen molar-refractivity contribution >= 4 is 20.9 Å². The van der Waals surface area contributed by atoms with Gasteiger partial charge in [-0.1, -0.05) is 31.2 Å². The molecule has 12 heteroatoms. The lowest BCUT2D eigenvalue weighted by Gasteiger charge is -2.09. The van der Waals surface area contributed by atoms with Gasteiger partial charge in [0.15, 0.2) is 20.7 Å². The van der Waals surface area contributed by atoms with Crippen LogP contribution in [0.15, 0.2) is 41.6 Å². The van der Waals surface area contributed by atoms with Gasteiger partial charge in [0, 0.05) is 19.7 Å². The Balaban J connectivity index is 1.69. The van der Waals surface area contributed by atoms with Crippen LogP contribution in [0.25, 0.3) is 33.9 Å². The highest BCUT2D eigenvalue weighted by molar-refractivity contribution is 7.91. The number of benzene rings is 1. The van der Waals surface area contributed by atoms with Gasteiger partial charge in [0.2, 0.25) is 0 Å². The van der Waals surface area contributed by atoms with E-state index < -0.39 is 27.1 Å². The molecule has 8 nitrogen and oxygen atoms in total. The molecular formula is C24H21F3N6O2S. The first-order valence-corrected chi connectivity index (χ1v) is 12.8. The normalized spacial score (nSPS) is 15.2. The van der Waals surface area contributed by atoms with Crippen molar-refractivity contribution in [3.63, 3.8) is 0 Å². The van der Waals surface area contributed by atoms with E-state index in [9.17, 15) is 26.9 Å². The second kappa shape index (κ2) is 7.89. The molecule has 3 aromatic heterocycles. The number of sulfone groups is 1. The summed E-state index contributed by atoms with van der Waals surface area (Å²) < 4.78 is 68.7. The van der Waals surface area contributed by atoms with Gasteiger partial charge in [0.1, 0.15) is 17.2 Å². The van der Waals surface area contributed by atoms with Crippen molar-refractivity contribution in [3.05, 3.63) is 47.8 Å². The number of hydrogen-bond acceptors (Lipinski definition) is 6. The lowest BCUT2D eigenvalue weighted by atomic mass is 9.96. The summed E-state index contributed by atoms with van der Waals surface area (Å²) in [5.74, 6) is 0.261. The smallest absolute Gasteiger partial charge is 0.324 e. The van der Waals surface area contributed by atoms with Gasteiger partial charge in [-0.15, -0.1) is 0 Å². The molecule has 0 N–H and O–H groups in total. The summed E-state index contributed by atoms with van der Waals surface area (Å²) in [6.07, 6.45) is -1.98. The maximum Gasteiger partial charge on any atom is 0.433 e. The Kier molecular flexibility index (Phi) is 5.26. The number of hydrogen-bond donors (Lipinski definition) is 0. The van der Waals surface area contributed by atoms with Gasteiger partial charge >= 0.3 is 6.18 Å². The SMILES string of the molecule is CCS(=O)(=O)c1c(-c2nc3cc(C(F)(F)F)ncc3n2C)nc(-c2ccc(C3(C#N)CC3)cc2)n1C. The van der Waals surface area contributed by atoms with Crippen molar-refractivity contribution in [1.82, 2.24) is 24.1 Å². The average molecular weight is 515 g/mol. The third kappa shape index (κ3) is 3.65. The number of pyridine rings is 1. The molecule has 5 rings (SSSR count). The first-order chi connectivity index (χ1) is 16.9. The largest absolute Gasteiger partial charge is 0.433 e. The van der Waals surface area contributed by atoms with Gasteiger partial charge in [-0.25, -0.2) is 23.4 Å². The van der Waals surface area contributed by atoms with E-state index in [0.29, 0.717) is 16.9 Å². The fraction of sp³-hybridized carbons (Fsp3) is 0.333. The molecule has 0 spiro atoms. The standard InChI is InChI=1S/C24H21F3N6O2S/c1-4-36(34,35)22-19(21-30-16-11-18(24(25,26)27)29-12-17(16)32(21)2)31-20(33(22)3)14-5-7-15(8-6-14)23(13-28)9-10-23/h5-8,11-12H,4,9-10H2,1-3H3. The molecule has 0 unspecified atom stereocenters. The number of aryl methyl sites for hydroxylation is 1. The Morgan fingerprint density at radius 2 is 1.75 bits per heavy atom. The van der Waals surface area contributed by atoms with Gasteiger partial charge in [0.05, 0.1) is 34.5 Å². The zero-order chi connectivity index (χ0) is 26.0. The maximum atomic E-state index is 13.2. The zero-order valence-electron chi connectivity index (χ0n) is 19.6. The van der Waals surface area contributed by atoms with E-state index in [1.54, 1.807) is 26.2 Å². The number of aromatic nitrogens is 5. The Labute approximate surface area is 205 Å². The minimum Gasteiger partial charge on any atom is -0.324 e. The van der Waals surface area contributed by atoms with Gasteiger partial charge in [0.25, 0.3) is 0 Å². The highest BCUT2D eigenvalue weighted by atomic mass is 32.2. The molecule has 0 saturated heterocycles. The van der Waals surface area contributed by atoms with Crippen molar-refractivity contribution in [1.29, 1.82) is 5.26 Å². The van der Waals surface area contributed by atoms with E-state index in [0.717, 1.165) is 30.7 Å². The third-order valence-electron chi connectivity index (χ3n) is 6.65. The highest BCUT2D eigenvalue weighted by Crippen LogP contribution is 2.47. The lowest BCUT2D eigenvalue weighted by Crippen LogP contribution is -2.11. The number of nitriles is 1. The van der Waals surface area contributed by atoms with E-state index in [2.05, 4.69) is 21.0 Å². The Morgan fingerprint density at radius 1 is 1.08 bits per heavy atom. The van der Waals surface area contributed by atoms with E-state index in [1.165, 1.54) is 16.1 Å². The number of alkyl halides is 3. The molecule has 1 aromatic carbocycles. The van der Waals surface area contributed by atoms with E-state index in [1.807, 2.05) is 12.1 Å². The summed E-state index contributed by atoms with van der Waals surface area (Å²) in [6.45, 7) is 1.51. The summed E-state index contributed by atoms with van der Waals surface area (Å²) in [6, 6.07) is 10.4. The molecule has 4 aromatic rings. The van der Waals surface area contributed by atoms with E-state index in [4.69, 9.17) is 0 Å². The molecule has 1 aliphatic rings. The van der Waals surface area contributed by atoms with Crippen LogP contribution in [0.2, 0.25) is 0 Å². The first kappa shape index (κ1) is 24.0. The molecule has 36 heavy (non-hydrogen) atoms. The molecule has 0 atom stereocenters. The second-order valence-electron chi connectivity index (χ2n) is 8.87. The number of fused-ring (bicyclic) bond motifs is 1. The zero-order valence-corrected chi connectivity index (χ0v) is 20.4. The first-order valence-electron chi connectivity index (χ1n) is 11.1. The van der Waals surface area contributed by atoms with Crippen molar-refractivity contribution in [3.8, 4) is 29.0 Å². The van der Waals surface area contributed by atoms with Crippen molar-refractivity contribution in [2.24, 2.45) is 14.1 Å². The van der Waals surface area contributed by atoms with E-state index in [-0.39, 0.29) is 27.8 Å². The predicted molar refractivity (Wildman–Crippen MR) is 125 cm³/mol. The number of halogens is 3. The van der Waals surface area contributed by atoms with Gasteiger partial charge in [-0.05, 0) is 24.5 Å². The molecule has 186 valence electrons. The molecule has 1 fully saturated rings. The number of rotatable bonds is 5. The molecule has 0 bridgehead atoms.